The summed E-state index contributed by atoms with van der Waals surface area (Å²) in [7, 11) is 0. The number of pyridine rings is 1. The molecule has 0 unspecified atom stereocenters. The maximum Gasteiger partial charge on any atom is 0.254 e. The zero-order chi connectivity index (χ0) is 14.1. The highest BCUT2D eigenvalue weighted by Crippen LogP contribution is 2.31. The molecule has 4 nitrogen and oxygen atoms in total. The van der Waals surface area contributed by atoms with Gasteiger partial charge in [-0.2, -0.15) is 0 Å². The van der Waals surface area contributed by atoms with Crippen LogP contribution in [0.15, 0.2) is 42.6 Å². The van der Waals surface area contributed by atoms with Gasteiger partial charge in [0.05, 0.1) is 17.7 Å². The van der Waals surface area contributed by atoms with E-state index in [0.717, 1.165) is 11.1 Å². The molecule has 2 N–H and O–H groups in total. The number of amides is 1. The smallest absolute Gasteiger partial charge is 0.254 e. The third-order valence-corrected chi connectivity index (χ3v) is 3.80. The van der Waals surface area contributed by atoms with Crippen LogP contribution in [-0.4, -0.2) is 22.1 Å². The number of hydrogen-bond donors (Lipinski definition) is 2. The molecule has 0 saturated carbocycles. The monoisotopic (exact) mass is 288 g/mol. The van der Waals surface area contributed by atoms with Crippen LogP contribution in [-0.2, 0) is 6.42 Å². The number of fused-ring (bicyclic) bond motifs is 1. The SMILES string of the molecule is O=C(N[C@H]1c2ccccc2C[C@H]1O)c1cccnc1Cl. The molecular formula is C15H13ClN2O2. The van der Waals surface area contributed by atoms with Gasteiger partial charge in [0.1, 0.15) is 5.15 Å². The van der Waals surface area contributed by atoms with Crippen LogP contribution in [0.1, 0.15) is 27.5 Å². The molecule has 2 atom stereocenters. The van der Waals surface area contributed by atoms with E-state index in [1.54, 1.807) is 12.1 Å². The summed E-state index contributed by atoms with van der Waals surface area (Å²) >= 11 is 5.91. The maximum absolute atomic E-state index is 12.2. The van der Waals surface area contributed by atoms with E-state index in [9.17, 15) is 9.90 Å². The van der Waals surface area contributed by atoms with Crippen molar-refractivity contribution in [2.24, 2.45) is 0 Å². The van der Waals surface area contributed by atoms with E-state index < -0.39 is 12.1 Å². The lowest BCUT2D eigenvalue weighted by molar-refractivity contribution is 0.0858. The molecule has 5 heteroatoms. The maximum atomic E-state index is 12.2. The van der Waals surface area contributed by atoms with Gasteiger partial charge in [-0.3, -0.25) is 4.79 Å². The lowest BCUT2D eigenvalue weighted by Crippen LogP contribution is -2.34. The van der Waals surface area contributed by atoms with E-state index in [4.69, 9.17) is 11.6 Å². The van der Waals surface area contributed by atoms with Crippen LogP contribution in [0.2, 0.25) is 5.15 Å². The van der Waals surface area contributed by atoms with Gasteiger partial charge >= 0.3 is 0 Å². The first-order valence-electron chi connectivity index (χ1n) is 6.34. The molecule has 1 amide bonds. The highest BCUT2D eigenvalue weighted by atomic mass is 35.5. The highest BCUT2D eigenvalue weighted by Gasteiger charge is 2.32. The lowest BCUT2D eigenvalue weighted by Gasteiger charge is -2.18. The third kappa shape index (κ3) is 2.28. The van der Waals surface area contributed by atoms with Crippen LogP contribution in [0, 0.1) is 0 Å². The summed E-state index contributed by atoms with van der Waals surface area (Å²) in [6.45, 7) is 0. The predicted molar refractivity (Wildman–Crippen MR) is 75.6 cm³/mol. The molecule has 0 radical (unpaired) electrons. The van der Waals surface area contributed by atoms with Crippen molar-refractivity contribution >= 4 is 17.5 Å². The number of hydrogen-bond acceptors (Lipinski definition) is 3. The van der Waals surface area contributed by atoms with E-state index in [-0.39, 0.29) is 11.1 Å². The molecule has 0 spiro atoms. The van der Waals surface area contributed by atoms with Gasteiger partial charge in [-0.1, -0.05) is 35.9 Å². The summed E-state index contributed by atoms with van der Waals surface area (Å²) in [5.74, 6) is -0.330. The van der Waals surface area contributed by atoms with E-state index >= 15 is 0 Å². The van der Waals surface area contributed by atoms with Gasteiger partial charge in [0, 0.05) is 12.6 Å². The van der Waals surface area contributed by atoms with Gasteiger partial charge in [-0.15, -0.1) is 0 Å². The van der Waals surface area contributed by atoms with E-state index in [1.165, 1.54) is 6.20 Å². The summed E-state index contributed by atoms with van der Waals surface area (Å²) < 4.78 is 0. The highest BCUT2D eigenvalue weighted by molar-refractivity contribution is 6.32. The first-order chi connectivity index (χ1) is 9.66. The van der Waals surface area contributed by atoms with Crippen molar-refractivity contribution in [2.75, 3.05) is 0 Å². The fourth-order valence-corrected chi connectivity index (χ4v) is 2.73. The number of benzene rings is 1. The van der Waals surface area contributed by atoms with Crippen LogP contribution in [0.5, 0.6) is 0 Å². The number of carbonyl (C=O) groups is 1. The minimum Gasteiger partial charge on any atom is -0.390 e. The lowest BCUT2D eigenvalue weighted by atomic mass is 10.1. The molecular weight excluding hydrogens is 276 g/mol. The van der Waals surface area contributed by atoms with Crippen molar-refractivity contribution in [1.82, 2.24) is 10.3 Å². The van der Waals surface area contributed by atoms with Gasteiger partial charge in [0.2, 0.25) is 0 Å². The quantitative estimate of drug-likeness (QED) is 0.832. The third-order valence-electron chi connectivity index (χ3n) is 3.49. The van der Waals surface area contributed by atoms with Crippen molar-refractivity contribution < 1.29 is 9.90 Å². The summed E-state index contributed by atoms with van der Waals surface area (Å²) in [5.41, 5.74) is 2.32. The first kappa shape index (κ1) is 13.1. The van der Waals surface area contributed by atoms with Crippen molar-refractivity contribution in [3.05, 3.63) is 64.4 Å². The average Bonchev–Trinajstić information content (AvgIpc) is 2.76. The second kappa shape index (κ2) is 5.23. The normalized spacial score (nSPS) is 20.5. The zero-order valence-corrected chi connectivity index (χ0v) is 11.3. The van der Waals surface area contributed by atoms with Crippen molar-refractivity contribution in [3.8, 4) is 0 Å². The number of aliphatic hydroxyl groups excluding tert-OH is 1. The van der Waals surface area contributed by atoms with Crippen molar-refractivity contribution in [3.63, 3.8) is 0 Å². The molecule has 0 fully saturated rings. The van der Waals surface area contributed by atoms with Crippen molar-refractivity contribution in [1.29, 1.82) is 0 Å². The Hall–Kier alpha value is -1.91. The van der Waals surface area contributed by atoms with Crippen LogP contribution < -0.4 is 5.32 Å². The van der Waals surface area contributed by atoms with Crippen LogP contribution in [0.25, 0.3) is 0 Å². The number of halogens is 1. The Kier molecular flexibility index (Phi) is 3.42. The second-order valence-electron chi connectivity index (χ2n) is 4.76. The standard InChI is InChI=1S/C15H13ClN2O2/c16-14-11(6-3-7-17-14)15(20)18-13-10-5-2-1-4-9(10)8-12(13)19/h1-7,12-13,19H,8H2,(H,18,20)/t12-,13+/m1/s1. The number of nitrogens with one attached hydrogen (secondary N) is 1. The Morgan fingerprint density at radius 3 is 2.90 bits per heavy atom. The molecule has 0 saturated heterocycles. The molecule has 1 aromatic carbocycles. The second-order valence-corrected chi connectivity index (χ2v) is 5.12. The van der Waals surface area contributed by atoms with Crippen LogP contribution in [0.4, 0.5) is 0 Å². The van der Waals surface area contributed by atoms with Gasteiger partial charge in [0.25, 0.3) is 5.91 Å². The zero-order valence-electron chi connectivity index (χ0n) is 10.6. The Balaban J connectivity index is 1.85. The molecule has 1 heterocycles. The number of aromatic nitrogens is 1. The van der Waals surface area contributed by atoms with E-state index in [0.29, 0.717) is 12.0 Å². The minimum absolute atomic E-state index is 0.158. The Bertz CT molecular complexity index is 660. The molecule has 2 aromatic rings. The summed E-state index contributed by atoms with van der Waals surface area (Å²) in [5, 5.41) is 13.1. The number of nitrogens with zero attached hydrogens (tertiary/aromatic N) is 1. The van der Waals surface area contributed by atoms with Crippen LogP contribution >= 0.6 is 11.6 Å². The number of aliphatic hydroxyl groups is 1. The Labute approximate surface area is 121 Å². The largest absolute Gasteiger partial charge is 0.390 e. The fourth-order valence-electron chi connectivity index (χ4n) is 2.52. The Morgan fingerprint density at radius 1 is 1.30 bits per heavy atom. The molecule has 0 aliphatic heterocycles. The van der Waals surface area contributed by atoms with Gasteiger partial charge in [-0.05, 0) is 23.3 Å². The molecule has 0 bridgehead atoms. The first-order valence-corrected chi connectivity index (χ1v) is 6.72. The molecule has 1 aliphatic carbocycles. The predicted octanol–water partition coefficient (Wildman–Crippen LogP) is 2.12. The summed E-state index contributed by atoms with van der Waals surface area (Å²) in [6, 6.07) is 10.6. The Morgan fingerprint density at radius 2 is 2.10 bits per heavy atom. The fraction of sp³-hybridized carbons (Fsp3) is 0.200. The van der Waals surface area contributed by atoms with Crippen molar-refractivity contribution in [2.45, 2.75) is 18.6 Å². The van der Waals surface area contributed by atoms with Crippen LogP contribution in [0.3, 0.4) is 0 Å². The minimum atomic E-state index is -0.619. The van der Waals surface area contributed by atoms with E-state index in [2.05, 4.69) is 10.3 Å². The molecule has 1 aliphatic rings. The number of carbonyl (C=O) groups excluding carboxylic acids is 1. The average molecular weight is 289 g/mol. The summed E-state index contributed by atoms with van der Waals surface area (Å²) in [4.78, 5) is 16.1. The van der Waals surface area contributed by atoms with Gasteiger partial charge in [0.15, 0.2) is 0 Å². The van der Waals surface area contributed by atoms with Gasteiger partial charge in [-0.25, -0.2) is 4.98 Å². The van der Waals surface area contributed by atoms with E-state index in [1.807, 2.05) is 24.3 Å². The molecule has 3 rings (SSSR count). The number of rotatable bonds is 2. The summed E-state index contributed by atoms with van der Waals surface area (Å²) in [6.07, 6.45) is 1.45. The van der Waals surface area contributed by atoms with Gasteiger partial charge < -0.3 is 10.4 Å². The molecule has 1 aromatic heterocycles. The topological polar surface area (TPSA) is 62.2 Å². The molecule has 20 heavy (non-hydrogen) atoms. The molecule has 102 valence electrons.